The predicted octanol–water partition coefficient (Wildman–Crippen LogP) is -0.498. The van der Waals surface area contributed by atoms with Crippen LogP contribution in [0.3, 0.4) is 0 Å². The van der Waals surface area contributed by atoms with E-state index < -0.39 is 18.1 Å². The van der Waals surface area contributed by atoms with Crippen molar-refractivity contribution >= 4 is 17.7 Å². The number of rotatable bonds is 6. The van der Waals surface area contributed by atoms with Crippen molar-refractivity contribution in [3.63, 3.8) is 0 Å². The Morgan fingerprint density at radius 3 is 2.55 bits per heavy atom. The predicted molar refractivity (Wildman–Crippen MR) is 71.3 cm³/mol. The van der Waals surface area contributed by atoms with Crippen molar-refractivity contribution in [3.05, 3.63) is 0 Å². The lowest BCUT2D eigenvalue weighted by Crippen LogP contribution is -2.55. The zero-order chi connectivity index (χ0) is 15.3. The molecule has 0 saturated carbocycles. The van der Waals surface area contributed by atoms with E-state index in [2.05, 4.69) is 5.32 Å². The molecule has 2 N–H and O–H groups in total. The molecule has 0 aromatic rings. The van der Waals surface area contributed by atoms with E-state index in [0.717, 1.165) is 0 Å². The summed E-state index contributed by atoms with van der Waals surface area (Å²) in [4.78, 5) is 36.0. The summed E-state index contributed by atoms with van der Waals surface area (Å²) in [5.74, 6) is -1.46. The van der Waals surface area contributed by atoms with E-state index in [4.69, 9.17) is 9.84 Å². The first kappa shape index (κ1) is 16.6. The van der Waals surface area contributed by atoms with Gasteiger partial charge < -0.3 is 15.2 Å². The molecular formula is C13H22N2O5. The van der Waals surface area contributed by atoms with E-state index in [1.54, 1.807) is 4.90 Å². The van der Waals surface area contributed by atoms with Crippen molar-refractivity contribution in [1.29, 1.82) is 0 Å². The number of aliphatic carboxylic acids is 1. The molecular weight excluding hydrogens is 264 g/mol. The highest BCUT2D eigenvalue weighted by molar-refractivity contribution is 5.88. The SMILES string of the molecule is CC(=O)C(NC(=O)CN1CCOCC1C(=O)O)C(C)C. The number of hydrogen-bond donors (Lipinski definition) is 2. The number of carbonyl (C=O) groups excluding carboxylic acids is 2. The lowest BCUT2D eigenvalue weighted by molar-refractivity contribution is -0.150. The van der Waals surface area contributed by atoms with Gasteiger partial charge in [0.15, 0.2) is 5.78 Å². The van der Waals surface area contributed by atoms with Crippen LogP contribution in [-0.4, -0.2) is 66.1 Å². The molecule has 1 amide bonds. The lowest BCUT2D eigenvalue weighted by Gasteiger charge is -2.32. The van der Waals surface area contributed by atoms with E-state index in [-0.39, 0.29) is 30.8 Å². The summed E-state index contributed by atoms with van der Waals surface area (Å²) >= 11 is 0. The first-order valence-electron chi connectivity index (χ1n) is 6.67. The number of amides is 1. The molecule has 0 radical (unpaired) electrons. The maximum absolute atomic E-state index is 12.0. The number of hydrogen-bond acceptors (Lipinski definition) is 5. The fraction of sp³-hybridized carbons (Fsp3) is 0.769. The smallest absolute Gasteiger partial charge is 0.323 e. The third kappa shape index (κ3) is 4.57. The molecule has 7 nitrogen and oxygen atoms in total. The number of carboxylic acids is 1. The van der Waals surface area contributed by atoms with Gasteiger partial charge in [-0.3, -0.25) is 19.3 Å². The van der Waals surface area contributed by atoms with Gasteiger partial charge in [0.05, 0.1) is 25.8 Å². The molecule has 7 heteroatoms. The van der Waals surface area contributed by atoms with Crippen LogP contribution in [0, 0.1) is 5.92 Å². The highest BCUT2D eigenvalue weighted by atomic mass is 16.5. The number of carbonyl (C=O) groups is 3. The van der Waals surface area contributed by atoms with Crippen LogP contribution in [0.4, 0.5) is 0 Å². The van der Waals surface area contributed by atoms with Crippen molar-refractivity contribution in [2.75, 3.05) is 26.3 Å². The second-order valence-electron chi connectivity index (χ2n) is 5.30. The van der Waals surface area contributed by atoms with Gasteiger partial charge >= 0.3 is 5.97 Å². The fourth-order valence-electron chi connectivity index (χ4n) is 2.20. The Kier molecular flexibility index (Phi) is 6.09. The van der Waals surface area contributed by atoms with Gasteiger partial charge in [0.25, 0.3) is 0 Å². The van der Waals surface area contributed by atoms with Crippen LogP contribution >= 0.6 is 0 Å². The van der Waals surface area contributed by atoms with Crippen LogP contribution in [-0.2, 0) is 19.1 Å². The molecule has 20 heavy (non-hydrogen) atoms. The molecule has 0 bridgehead atoms. The molecule has 0 aliphatic carbocycles. The monoisotopic (exact) mass is 286 g/mol. The summed E-state index contributed by atoms with van der Waals surface area (Å²) in [6, 6.07) is -1.35. The van der Waals surface area contributed by atoms with Crippen LogP contribution in [0.1, 0.15) is 20.8 Å². The van der Waals surface area contributed by atoms with E-state index >= 15 is 0 Å². The number of carboxylic acid groups (broad SMARTS) is 1. The van der Waals surface area contributed by atoms with Gasteiger partial charge in [0.1, 0.15) is 6.04 Å². The molecule has 1 heterocycles. The quantitative estimate of drug-likeness (QED) is 0.683. The third-order valence-electron chi connectivity index (χ3n) is 3.29. The van der Waals surface area contributed by atoms with Crippen LogP contribution in [0.25, 0.3) is 0 Å². The largest absolute Gasteiger partial charge is 0.480 e. The van der Waals surface area contributed by atoms with Crippen molar-refractivity contribution in [2.24, 2.45) is 5.92 Å². The molecule has 1 rings (SSSR count). The fourth-order valence-corrected chi connectivity index (χ4v) is 2.20. The number of ether oxygens (including phenoxy) is 1. The second kappa shape index (κ2) is 7.35. The molecule has 0 aromatic carbocycles. The number of Topliss-reactive ketones (excluding diaryl/α,β-unsaturated/α-hetero) is 1. The van der Waals surface area contributed by atoms with E-state index in [1.807, 2.05) is 13.8 Å². The molecule has 0 aromatic heterocycles. The Hall–Kier alpha value is -1.47. The van der Waals surface area contributed by atoms with Gasteiger partial charge in [0, 0.05) is 6.54 Å². The number of nitrogens with zero attached hydrogens (tertiary/aromatic N) is 1. The molecule has 114 valence electrons. The van der Waals surface area contributed by atoms with Crippen LogP contribution < -0.4 is 5.32 Å². The molecule has 1 fully saturated rings. The van der Waals surface area contributed by atoms with Gasteiger partial charge in [-0.05, 0) is 12.8 Å². The topological polar surface area (TPSA) is 95.9 Å². The normalized spacial score (nSPS) is 21.5. The van der Waals surface area contributed by atoms with E-state index in [0.29, 0.717) is 13.2 Å². The first-order chi connectivity index (χ1) is 9.32. The minimum atomic E-state index is -1.01. The number of ketones is 1. The highest BCUT2D eigenvalue weighted by Gasteiger charge is 2.31. The van der Waals surface area contributed by atoms with Gasteiger partial charge in [-0.1, -0.05) is 13.8 Å². The van der Waals surface area contributed by atoms with Gasteiger partial charge in [-0.2, -0.15) is 0 Å². The zero-order valence-corrected chi connectivity index (χ0v) is 12.1. The summed E-state index contributed by atoms with van der Waals surface area (Å²) in [5, 5.41) is 11.7. The summed E-state index contributed by atoms with van der Waals surface area (Å²) in [6.45, 7) is 5.94. The Balaban J connectivity index is 2.59. The molecule has 2 unspecified atom stereocenters. The van der Waals surface area contributed by atoms with Gasteiger partial charge in [-0.15, -0.1) is 0 Å². The lowest BCUT2D eigenvalue weighted by atomic mass is 10.0. The Morgan fingerprint density at radius 1 is 1.40 bits per heavy atom. The van der Waals surface area contributed by atoms with Crippen LogP contribution in [0.5, 0.6) is 0 Å². The van der Waals surface area contributed by atoms with Crippen molar-refractivity contribution in [3.8, 4) is 0 Å². The molecule has 0 spiro atoms. The molecule has 2 atom stereocenters. The van der Waals surface area contributed by atoms with E-state index in [9.17, 15) is 14.4 Å². The van der Waals surface area contributed by atoms with Crippen molar-refractivity contribution < 1.29 is 24.2 Å². The van der Waals surface area contributed by atoms with Gasteiger partial charge in [-0.25, -0.2) is 0 Å². The van der Waals surface area contributed by atoms with Crippen molar-refractivity contribution in [1.82, 2.24) is 10.2 Å². The van der Waals surface area contributed by atoms with E-state index in [1.165, 1.54) is 6.92 Å². The van der Waals surface area contributed by atoms with Gasteiger partial charge in [0.2, 0.25) is 5.91 Å². The standard InChI is InChI=1S/C13H22N2O5/c1-8(2)12(9(3)16)14-11(17)6-15-4-5-20-7-10(15)13(18)19/h8,10,12H,4-7H2,1-3H3,(H,14,17)(H,18,19). The number of nitrogens with one attached hydrogen (secondary N) is 1. The minimum Gasteiger partial charge on any atom is -0.480 e. The third-order valence-corrected chi connectivity index (χ3v) is 3.29. The molecule has 1 saturated heterocycles. The minimum absolute atomic E-state index is 0.00332. The first-order valence-corrected chi connectivity index (χ1v) is 6.67. The summed E-state index contributed by atoms with van der Waals surface area (Å²) in [6.07, 6.45) is 0. The number of morpholine rings is 1. The molecule has 1 aliphatic rings. The maximum Gasteiger partial charge on any atom is 0.323 e. The average molecular weight is 286 g/mol. The molecule has 1 aliphatic heterocycles. The Labute approximate surface area is 118 Å². The summed E-state index contributed by atoms with van der Waals surface area (Å²) in [7, 11) is 0. The summed E-state index contributed by atoms with van der Waals surface area (Å²) < 4.78 is 5.10. The Morgan fingerprint density at radius 2 is 2.05 bits per heavy atom. The van der Waals surface area contributed by atoms with Crippen LogP contribution in [0.2, 0.25) is 0 Å². The zero-order valence-electron chi connectivity index (χ0n) is 12.1. The highest BCUT2D eigenvalue weighted by Crippen LogP contribution is 2.08. The second-order valence-corrected chi connectivity index (χ2v) is 5.30. The van der Waals surface area contributed by atoms with Crippen LogP contribution in [0.15, 0.2) is 0 Å². The summed E-state index contributed by atoms with van der Waals surface area (Å²) in [5.41, 5.74) is 0. The average Bonchev–Trinajstić information content (AvgIpc) is 2.35. The Bertz CT molecular complexity index is 383. The van der Waals surface area contributed by atoms with Crippen molar-refractivity contribution in [2.45, 2.75) is 32.9 Å². The maximum atomic E-state index is 12.0.